The van der Waals surface area contributed by atoms with E-state index in [1.807, 2.05) is 12.1 Å². The van der Waals surface area contributed by atoms with Gasteiger partial charge in [-0.25, -0.2) is 0 Å². The second-order valence-electron chi connectivity index (χ2n) is 13.4. The molecule has 2 heteroatoms. The first-order valence-electron chi connectivity index (χ1n) is 16.7. The van der Waals surface area contributed by atoms with Gasteiger partial charge in [-0.05, 0) is 115 Å². The minimum Gasteiger partial charge on any atom is -0.399 e. The van der Waals surface area contributed by atoms with Crippen LogP contribution in [0.5, 0.6) is 0 Å². The molecule has 226 valence electrons. The standard InChI is InChI=1S/C41H52N2/c1-4-5-6-7-8-9-32-22-24-41(25-23-32,37-16-10-33(11-17-37)28-35-14-20-39(42)30(2)26-35)38-18-12-34(13-19-38)29-36-15-21-40(43)31(3)27-36/h10-21,26-27,32H,4-9,22-25,28-29,42-43H2,1-3H3. The Labute approximate surface area is 260 Å². The largest absolute Gasteiger partial charge is 0.399 e. The molecular formula is C41H52N2. The van der Waals surface area contributed by atoms with Crippen molar-refractivity contribution in [1.29, 1.82) is 0 Å². The highest BCUT2D eigenvalue weighted by Gasteiger charge is 2.38. The summed E-state index contributed by atoms with van der Waals surface area (Å²) < 4.78 is 0. The fourth-order valence-corrected chi connectivity index (χ4v) is 7.29. The molecule has 1 aliphatic rings. The first-order chi connectivity index (χ1) is 20.9. The molecule has 0 radical (unpaired) electrons. The van der Waals surface area contributed by atoms with Crippen molar-refractivity contribution in [2.75, 3.05) is 11.5 Å². The molecule has 2 nitrogen and oxygen atoms in total. The molecule has 1 aliphatic carbocycles. The summed E-state index contributed by atoms with van der Waals surface area (Å²) in [7, 11) is 0. The summed E-state index contributed by atoms with van der Waals surface area (Å²) in [5, 5.41) is 0. The Hall–Kier alpha value is -3.52. The lowest BCUT2D eigenvalue weighted by atomic mass is 9.62. The van der Waals surface area contributed by atoms with Crippen molar-refractivity contribution >= 4 is 11.4 Å². The third-order valence-electron chi connectivity index (χ3n) is 10.2. The number of hydrogen-bond donors (Lipinski definition) is 2. The van der Waals surface area contributed by atoms with E-state index in [1.54, 1.807) is 0 Å². The van der Waals surface area contributed by atoms with E-state index >= 15 is 0 Å². The monoisotopic (exact) mass is 572 g/mol. The summed E-state index contributed by atoms with van der Waals surface area (Å²) in [6, 6.07) is 32.0. The maximum Gasteiger partial charge on any atom is 0.0343 e. The van der Waals surface area contributed by atoms with Gasteiger partial charge in [0.2, 0.25) is 0 Å². The number of nitrogen functional groups attached to an aromatic ring is 2. The zero-order chi connectivity index (χ0) is 30.2. The molecule has 4 aromatic carbocycles. The van der Waals surface area contributed by atoms with E-state index in [9.17, 15) is 0 Å². The van der Waals surface area contributed by atoms with Gasteiger partial charge < -0.3 is 11.5 Å². The van der Waals surface area contributed by atoms with Gasteiger partial charge in [-0.2, -0.15) is 0 Å². The van der Waals surface area contributed by atoms with Crippen LogP contribution in [0, 0.1) is 19.8 Å². The Morgan fingerprint density at radius 2 is 1.02 bits per heavy atom. The fourth-order valence-electron chi connectivity index (χ4n) is 7.29. The van der Waals surface area contributed by atoms with Crippen molar-refractivity contribution in [2.45, 2.75) is 103 Å². The lowest BCUT2D eigenvalue weighted by Crippen LogP contribution is -2.33. The van der Waals surface area contributed by atoms with Crippen molar-refractivity contribution in [1.82, 2.24) is 0 Å². The molecule has 5 rings (SSSR count). The number of unbranched alkanes of at least 4 members (excludes halogenated alkanes) is 4. The molecule has 0 aliphatic heterocycles. The second-order valence-corrected chi connectivity index (χ2v) is 13.4. The molecule has 0 unspecified atom stereocenters. The minimum absolute atomic E-state index is 0.0886. The van der Waals surface area contributed by atoms with Gasteiger partial charge in [-0.1, -0.05) is 118 Å². The van der Waals surface area contributed by atoms with E-state index in [-0.39, 0.29) is 5.41 Å². The van der Waals surface area contributed by atoms with Gasteiger partial charge in [0.15, 0.2) is 0 Å². The molecule has 0 spiro atoms. The average molecular weight is 573 g/mol. The zero-order valence-electron chi connectivity index (χ0n) is 26.8. The van der Waals surface area contributed by atoms with Crippen LogP contribution in [0.15, 0.2) is 84.9 Å². The van der Waals surface area contributed by atoms with E-state index in [0.717, 1.165) is 41.3 Å². The van der Waals surface area contributed by atoms with E-state index in [2.05, 4.69) is 93.6 Å². The zero-order valence-corrected chi connectivity index (χ0v) is 26.8. The van der Waals surface area contributed by atoms with E-state index < -0.39 is 0 Å². The Balaban J connectivity index is 1.35. The van der Waals surface area contributed by atoms with Crippen LogP contribution in [0.2, 0.25) is 0 Å². The third kappa shape index (κ3) is 7.71. The molecular weight excluding hydrogens is 520 g/mol. The molecule has 1 saturated carbocycles. The van der Waals surface area contributed by atoms with E-state index in [1.165, 1.54) is 97.6 Å². The molecule has 0 bridgehead atoms. The normalized spacial score (nSPS) is 15.0. The van der Waals surface area contributed by atoms with Crippen LogP contribution in [-0.2, 0) is 18.3 Å². The molecule has 0 atom stereocenters. The number of benzene rings is 4. The van der Waals surface area contributed by atoms with E-state index in [0.29, 0.717) is 0 Å². The average Bonchev–Trinajstić information content (AvgIpc) is 3.02. The lowest BCUT2D eigenvalue weighted by molar-refractivity contribution is 0.250. The third-order valence-corrected chi connectivity index (χ3v) is 10.2. The van der Waals surface area contributed by atoms with Gasteiger partial charge >= 0.3 is 0 Å². The van der Waals surface area contributed by atoms with Crippen LogP contribution >= 0.6 is 0 Å². The Bertz CT molecular complexity index is 1360. The number of rotatable bonds is 12. The van der Waals surface area contributed by atoms with Gasteiger partial charge in [-0.3, -0.25) is 0 Å². The highest BCUT2D eigenvalue weighted by atomic mass is 14.6. The molecule has 0 aromatic heterocycles. The van der Waals surface area contributed by atoms with Crippen molar-refractivity contribution in [3.05, 3.63) is 129 Å². The maximum absolute atomic E-state index is 6.06. The second kappa shape index (κ2) is 14.3. The predicted octanol–water partition coefficient (Wildman–Crippen LogP) is 10.5. The fraction of sp³-hybridized carbons (Fsp3) is 0.415. The molecule has 0 heterocycles. The van der Waals surface area contributed by atoms with Gasteiger partial charge in [-0.15, -0.1) is 0 Å². The summed E-state index contributed by atoms with van der Waals surface area (Å²) >= 11 is 0. The summed E-state index contributed by atoms with van der Waals surface area (Å²) in [6.07, 6.45) is 15.3. The van der Waals surface area contributed by atoms with Crippen LogP contribution in [0.1, 0.15) is 116 Å². The van der Waals surface area contributed by atoms with Gasteiger partial charge in [0.05, 0.1) is 0 Å². The Morgan fingerprint density at radius 3 is 1.47 bits per heavy atom. The van der Waals surface area contributed by atoms with Gasteiger partial charge in [0.1, 0.15) is 0 Å². The van der Waals surface area contributed by atoms with Gasteiger partial charge in [0, 0.05) is 16.8 Å². The SMILES string of the molecule is CCCCCCCC1CCC(c2ccc(Cc3ccc(N)c(C)c3)cc2)(c2ccc(Cc3ccc(N)c(C)c3)cc2)CC1. The first-order valence-corrected chi connectivity index (χ1v) is 16.7. The van der Waals surface area contributed by atoms with Crippen LogP contribution in [0.25, 0.3) is 0 Å². The Kier molecular flexibility index (Phi) is 10.3. The molecule has 1 fully saturated rings. The van der Waals surface area contributed by atoms with Crippen LogP contribution in [0.3, 0.4) is 0 Å². The number of hydrogen-bond acceptors (Lipinski definition) is 2. The molecule has 4 N–H and O–H groups in total. The highest BCUT2D eigenvalue weighted by Crippen LogP contribution is 2.47. The quantitative estimate of drug-likeness (QED) is 0.131. The molecule has 0 saturated heterocycles. The molecule has 43 heavy (non-hydrogen) atoms. The van der Waals surface area contributed by atoms with Gasteiger partial charge in [0.25, 0.3) is 0 Å². The van der Waals surface area contributed by atoms with E-state index in [4.69, 9.17) is 11.5 Å². The number of nitrogens with two attached hydrogens (primary N) is 2. The lowest BCUT2D eigenvalue weighted by Gasteiger charge is -2.42. The minimum atomic E-state index is 0.0886. The summed E-state index contributed by atoms with van der Waals surface area (Å²) in [6.45, 7) is 6.49. The predicted molar refractivity (Wildman–Crippen MR) is 186 cm³/mol. The smallest absolute Gasteiger partial charge is 0.0343 e. The molecule has 4 aromatic rings. The molecule has 0 amide bonds. The summed E-state index contributed by atoms with van der Waals surface area (Å²) in [4.78, 5) is 0. The summed E-state index contributed by atoms with van der Waals surface area (Å²) in [5.74, 6) is 0.871. The van der Waals surface area contributed by atoms with Crippen LogP contribution in [-0.4, -0.2) is 0 Å². The first kappa shape index (κ1) is 30.9. The number of anilines is 2. The Morgan fingerprint density at radius 1 is 0.581 bits per heavy atom. The maximum atomic E-state index is 6.06. The highest BCUT2D eigenvalue weighted by molar-refractivity contribution is 5.50. The van der Waals surface area contributed by atoms with Crippen LogP contribution < -0.4 is 11.5 Å². The summed E-state index contributed by atoms with van der Waals surface area (Å²) in [5.41, 5.74) is 24.6. The van der Waals surface area contributed by atoms with Crippen molar-refractivity contribution < 1.29 is 0 Å². The van der Waals surface area contributed by atoms with Crippen molar-refractivity contribution in [3.8, 4) is 0 Å². The van der Waals surface area contributed by atoms with Crippen molar-refractivity contribution in [2.24, 2.45) is 5.92 Å². The van der Waals surface area contributed by atoms with Crippen molar-refractivity contribution in [3.63, 3.8) is 0 Å². The topological polar surface area (TPSA) is 52.0 Å². The van der Waals surface area contributed by atoms with Crippen LogP contribution in [0.4, 0.5) is 11.4 Å². The number of aryl methyl sites for hydroxylation is 2.